The number of hydrogen-bond acceptors (Lipinski definition) is 5. The van der Waals surface area contributed by atoms with Gasteiger partial charge in [0.15, 0.2) is 0 Å². The van der Waals surface area contributed by atoms with E-state index in [1.807, 2.05) is 18.2 Å². The molecule has 1 saturated carbocycles. The van der Waals surface area contributed by atoms with Crippen LogP contribution < -0.4 is 14.9 Å². The third-order valence-corrected chi connectivity index (χ3v) is 6.08. The highest BCUT2D eigenvalue weighted by Gasteiger charge is 2.55. The fraction of sp³-hybridized carbons (Fsp3) is 0.588. The van der Waals surface area contributed by atoms with E-state index in [1.54, 1.807) is 0 Å². The van der Waals surface area contributed by atoms with Crippen molar-refractivity contribution in [1.29, 1.82) is 0 Å². The fourth-order valence-corrected chi connectivity index (χ4v) is 5.04. The lowest BCUT2D eigenvalue weighted by molar-refractivity contribution is -0.123. The molecule has 0 spiro atoms. The van der Waals surface area contributed by atoms with Crippen molar-refractivity contribution in [2.45, 2.75) is 31.0 Å². The van der Waals surface area contributed by atoms with E-state index in [-0.39, 0.29) is 36.6 Å². The van der Waals surface area contributed by atoms with Gasteiger partial charge in [-0.1, -0.05) is 18.2 Å². The molecule has 0 unspecified atom stereocenters. The monoisotopic (exact) mass is 365 g/mol. The van der Waals surface area contributed by atoms with Gasteiger partial charge in [-0.15, -0.1) is 0 Å². The van der Waals surface area contributed by atoms with Gasteiger partial charge in [0.25, 0.3) is 0 Å². The number of fused-ring (bicyclic) bond motifs is 2. The Kier molecular flexibility index (Phi) is 4.21. The van der Waals surface area contributed by atoms with Crippen LogP contribution in [-0.4, -0.2) is 58.5 Å². The highest BCUT2D eigenvalue weighted by molar-refractivity contribution is 7.88. The van der Waals surface area contributed by atoms with Gasteiger partial charge >= 0.3 is 0 Å². The summed E-state index contributed by atoms with van der Waals surface area (Å²) < 4.78 is 31.4. The van der Waals surface area contributed by atoms with Crippen molar-refractivity contribution in [1.82, 2.24) is 10.0 Å². The van der Waals surface area contributed by atoms with E-state index in [1.165, 1.54) is 5.56 Å². The van der Waals surface area contributed by atoms with E-state index in [4.69, 9.17) is 4.74 Å². The second-order valence-electron chi connectivity index (χ2n) is 7.10. The number of amides is 1. The Hall–Kier alpha value is -1.64. The number of rotatable bonds is 5. The zero-order chi connectivity index (χ0) is 17.6. The Morgan fingerprint density at radius 3 is 2.92 bits per heavy atom. The maximum absolute atomic E-state index is 12.5. The van der Waals surface area contributed by atoms with E-state index < -0.39 is 10.0 Å². The molecule has 2 aliphatic heterocycles. The molecule has 1 aromatic rings. The zero-order valence-corrected chi connectivity index (χ0v) is 15.0. The van der Waals surface area contributed by atoms with Crippen LogP contribution in [0.5, 0.6) is 0 Å². The van der Waals surface area contributed by atoms with Crippen molar-refractivity contribution in [2.24, 2.45) is 5.92 Å². The van der Waals surface area contributed by atoms with Crippen LogP contribution in [0.3, 0.4) is 0 Å². The quantitative estimate of drug-likeness (QED) is 0.759. The molecule has 2 fully saturated rings. The number of sulfonamides is 1. The van der Waals surface area contributed by atoms with Crippen LogP contribution in [-0.2, 0) is 26.0 Å². The summed E-state index contributed by atoms with van der Waals surface area (Å²) >= 11 is 0. The van der Waals surface area contributed by atoms with Crippen LogP contribution in [0.1, 0.15) is 12.0 Å². The Bertz CT molecular complexity index is 782. The summed E-state index contributed by atoms with van der Waals surface area (Å²) in [4.78, 5) is 14.6. The minimum atomic E-state index is -3.35. The summed E-state index contributed by atoms with van der Waals surface area (Å²) in [7, 11) is -3.35. The normalized spacial score (nSPS) is 30.5. The number of carbonyl (C=O) groups is 1. The summed E-state index contributed by atoms with van der Waals surface area (Å²) in [6, 6.07) is 7.54. The summed E-state index contributed by atoms with van der Waals surface area (Å²) in [6.45, 7) is 1.73. The number of para-hydroxylation sites is 1. The predicted molar refractivity (Wildman–Crippen MR) is 93.9 cm³/mol. The highest BCUT2D eigenvalue weighted by Crippen LogP contribution is 2.39. The molecule has 136 valence electrons. The number of anilines is 1. The SMILES string of the molecule is CS(=O)(=O)N[C@@H]1[C@@H](NC(=O)CN2CCc3ccccc32)[C@H]2CCO[C@H]21. The molecule has 2 N–H and O–H groups in total. The third kappa shape index (κ3) is 3.26. The molecule has 1 aromatic carbocycles. The average molecular weight is 365 g/mol. The number of nitrogens with one attached hydrogen (secondary N) is 2. The standard InChI is InChI=1S/C17H23N3O4S/c1-25(22,23)19-16-15(12-7-9-24-17(12)16)18-14(21)10-20-8-6-11-4-2-3-5-13(11)20/h2-5,12,15-17,19H,6-10H2,1H3,(H,18,21)/t12-,15+,16-,17-/m1/s1. The highest BCUT2D eigenvalue weighted by atomic mass is 32.2. The van der Waals surface area contributed by atoms with Gasteiger partial charge in [-0.3, -0.25) is 4.79 Å². The van der Waals surface area contributed by atoms with Crippen LogP contribution in [0.2, 0.25) is 0 Å². The van der Waals surface area contributed by atoms with Gasteiger partial charge in [0.1, 0.15) is 0 Å². The summed E-state index contributed by atoms with van der Waals surface area (Å²) in [6.07, 6.45) is 2.80. The molecule has 4 atom stereocenters. The molecule has 0 bridgehead atoms. The Balaban J connectivity index is 1.40. The molecule has 25 heavy (non-hydrogen) atoms. The molecule has 1 saturated heterocycles. The lowest BCUT2D eigenvalue weighted by Crippen LogP contribution is -2.71. The molecule has 0 aromatic heterocycles. The van der Waals surface area contributed by atoms with E-state index in [0.717, 1.165) is 31.3 Å². The lowest BCUT2D eigenvalue weighted by Gasteiger charge is -2.47. The van der Waals surface area contributed by atoms with Crippen molar-refractivity contribution in [3.05, 3.63) is 29.8 Å². The second-order valence-corrected chi connectivity index (χ2v) is 8.88. The van der Waals surface area contributed by atoms with Crippen molar-refractivity contribution in [3.8, 4) is 0 Å². The third-order valence-electron chi connectivity index (χ3n) is 5.38. The smallest absolute Gasteiger partial charge is 0.239 e. The molecule has 3 aliphatic rings. The molecule has 4 rings (SSSR count). The van der Waals surface area contributed by atoms with Gasteiger partial charge in [0, 0.05) is 24.8 Å². The van der Waals surface area contributed by atoms with Gasteiger partial charge in [0.05, 0.1) is 31.0 Å². The molecular formula is C17H23N3O4S. The van der Waals surface area contributed by atoms with E-state index >= 15 is 0 Å². The number of carbonyl (C=O) groups excluding carboxylic acids is 1. The molecule has 8 heteroatoms. The number of hydrogen-bond donors (Lipinski definition) is 2. The largest absolute Gasteiger partial charge is 0.376 e. The van der Waals surface area contributed by atoms with Crippen LogP contribution in [0.25, 0.3) is 0 Å². The second kappa shape index (κ2) is 6.26. The lowest BCUT2D eigenvalue weighted by atomic mass is 9.72. The van der Waals surface area contributed by atoms with E-state index in [0.29, 0.717) is 6.61 Å². The Labute approximate surface area is 147 Å². The predicted octanol–water partition coefficient (Wildman–Crippen LogP) is -0.130. The first-order valence-corrected chi connectivity index (χ1v) is 10.5. The molecule has 2 heterocycles. The molecule has 1 aliphatic carbocycles. The molecular weight excluding hydrogens is 342 g/mol. The average Bonchev–Trinajstić information content (AvgIpc) is 3.15. The van der Waals surface area contributed by atoms with Gasteiger partial charge in [-0.25, -0.2) is 13.1 Å². The topological polar surface area (TPSA) is 87.7 Å². The van der Waals surface area contributed by atoms with Gasteiger partial charge in [-0.05, 0) is 24.5 Å². The van der Waals surface area contributed by atoms with Crippen molar-refractivity contribution in [3.63, 3.8) is 0 Å². The molecule has 1 amide bonds. The first kappa shape index (κ1) is 16.8. The zero-order valence-electron chi connectivity index (χ0n) is 14.1. The van der Waals surface area contributed by atoms with Crippen LogP contribution in [0.4, 0.5) is 5.69 Å². The summed E-state index contributed by atoms with van der Waals surface area (Å²) in [5, 5.41) is 3.03. The Morgan fingerprint density at radius 1 is 1.32 bits per heavy atom. The number of nitrogens with zero attached hydrogens (tertiary/aromatic N) is 1. The maximum atomic E-state index is 12.5. The first-order valence-electron chi connectivity index (χ1n) is 8.63. The summed E-state index contributed by atoms with van der Waals surface area (Å²) in [5.41, 5.74) is 2.37. The van der Waals surface area contributed by atoms with Crippen LogP contribution in [0, 0.1) is 5.92 Å². The maximum Gasteiger partial charge on any atom is 0.239 e. The van der Waals surface area contributed by atoms with Crippen LogP contribution in [0.15, 0.2) is 24.3 Å². The van der Waals surface area contributed by atoms with Crippen LogP contribution >= 0.6 is 0 Å². The van der Waals surface area contributed by atoms with E-state index in [9.17, 15) is 13.2 Å². The number of ether oxygens (including phenoxy) is 1. The molecule has 7 nitrogen and oxygen atoms in total. The van der Waals surface area contributed by atoms with Crippen molar-refractivity contribution >= 4 is 21.6 Å². The van der Waals surface area contributed by atoms with Crippen molar-refractivity contribution < 1.29 is 17.9 Å². The number of benzene rings is 1. The van der Waals surface area contributed by atoms with Crippen molar-refractivity contribution in [2.75, 3.05) is 30.9 Å². The van der Waals surface area contributed by atoms with E-state index in [2.05, 4.69) is 21.0 Å². The Morgan fingerprint density at radius 2 is 2.12 bits per heavy atom. The molecule has 0 radical (unpaired) electrons. The van der Waals surface area contributed by atoms with Gasteiger partial charge in [0.2, 0.25) is 15.9 Å². The van der Waals surface area contributed by atoms with Gasteiger partial charge in [-0.2, -0.15) is 0 Å². The minimum Gasteiger partial charge on any atom is -0.376 e. The minimum absolute atomic E-state index is 0.0765. The summed E-state index contributed by atoms with van der Waals surface area (Å²) in [5.74, 6) is 0.112. The first-order chi connectivity index (χ1) is 11.9. The fourth-order valence-electron chi connectivity index (χ4n) is 4.27. The van der Waals surface area contributed by atoms with Gasteiger partial charge < -0.3 is 15.0 Å².